The molecule has 1 aromatic heterocycles. The zero-order valence-corrected chi connectivity index (χ0v) is 15.5. The molecule has 6 nitrogen and oxygen atoms in total. The third kappa shape index (κ3) is 3.44. The lowest BCUT2D eigenvalue weighted by atomic mass is 10.1. The molecule has 0 saturated heterocycles. The van der Waals surface area contributed by atoms with Crippen LogP contribution in [-0.2, 0) is 28.9 Å². The minimum atomic E-state index is -0.199. The minimum Gasteiger partial charge on any atom is -0.482 e. The number of nitrogens with one attached hydrogen (secondary N) is 1. The van der Waals surface area contributed by atoms with Gasteiger partial charge in [0.25, 0.3) is 5.91 Å². The standard InChI is InChI=1S/C19H21N3O3S/c1-12-5-6-15-14(9-12)22(19(24)11-25-15)10-17(23)20-8-7-18-21-13-3-2-4-16(13)26-18/h5-6,9H,2-4,7-8,10-11H2,1H3,(H,20,23). The van der Waals surface area contributed by atoms with Crippen LogP contribution in [0.4, 0.5) is 5.69 Å². The van der Waals surface area contributed by atoms with Gasteiger partial charge in [-0.05, 0) is 43.9 Å². The highest BCUT2D eigenvalue weighted by molar-refractivity contribution is 7.11. The maximum absolute atomic E-state index is 12.3. The second-order valence-electron chi connectivity index (χ2n) is 6.67. The van der Waals surface area contributed by atoms with E-state index in [2.05, 4.69) is 10.3 Å². The number of ether oxygens (including phenoxy) is 1. The molecule has 136 valence electrons. The lowest BCUT2D eigenvalue weighted by molar-refractivity contribution is -0.125. The largest absolute Gasteiger partial charge is 0.482 e. The number of fused-ring (bicyclic) bond motifs is 2. The van der Waals surface area contributed by atoms with Crippen LogP contribution in [0.15, 0.2) is 18.2 Å². The van der Waals surface area contributed by atoms with Crippen LogP contribution >= 0.6 is 11.3 Å². The number of amides is 2. The Hall–Kier alpha value is -2.41. The first kappa shape index (κ1) is 17.0. The highest BCUT2D eigenvalue weighted by Gasteiger charge is 2.27. The van der Waals surface area contributed by atoms with Crippen molar-refractivity contribution in [2.75, 3.05) is 24.6 Å². The van der Waals surface area contributed by atoms with Gasteiger partial charge in [0.05, 0.1) is 16.4 Å². The number of anilines is 1. The molecule has 0 unspecified atom stereocenters. The summed E-state index contributed by atoms with van der Waals surface area (Å²) >= 11 is 1.76. The van der Waals surface area contributed by atoms with Crippen molar-refractivity contribution >= 4 is 28.8 Å². The molecule has 0 atom stereocenters. The van der Waals surface area contributed by atoms with Crippen molar-refractivity contribution in [1.82, 2.24) is 10.3 Å². The molecule has 4 rings (SSSR count). The number of rotatable bonds is 5. The number of carbonyl (C=O) groups is 2. The van der Waals surface area contributed by atoms with E-state index in [9.17, 15) is 9.59 Å². The predicted octanol–water partition coefficient (Wildman–Crippen LogP) is 2.02. The number of benzene rings is 1. The van der Waals surface area contributed by atoms with Crippen LogP contribution in [-0.4, -0.2) is 36.5 Å². The molecular weight excluding hydrogens is 350 g/mol. The summed E-state index contributed by atoms with van der Waals surface area (Å²) in [4.78, 5) is 32.1. The van der Waals surface area contributed by atoms with Gasteiger partial charge in [-0.3, -0.25) is 14.5 Å². The molecule has 1 N–H and O–H groups in total. The first-order valence-electron chi connectivity index (χ1n) is 8.88. The first-order valence-corrected chi connectivity index (χ1v) is 9.70. The second kappa shape index (κ2) is 7.07. The SMILES string of the molecule is Cc1ccc2c(c1)N(CC(=O)NCCc1nc3c(s1)CCC3)C(=O)CO2. The van der Waals surface area contributed by atoms with Crippen molar-refractivity contribution in [3.8, 4) is 5.75 Å². The molecule has 0 spiro atoms. The topological polar surface area (TPSA) is 71.5 Å². The van der Waals surface area contributed by atoms with Gasteiger partial charge >= 0.3 is 0 Å². The minimum absolute atomic E-state index is 0.00696. The molecule has 1 aliphatic carbocycles. The van der Waals surface area contributed by atoms with E-state index in [0.29, 0.717) is 18.0 Å². The predicted molar refractivity (Wildman–Crippen MR) is 99.9 cm³/mol. The van der Waals surface area contributed by atoms with E-state index >= 15 is 0 Å². The quantitative estimate of drug-likeness (QED) is 0.873. The average molecular weight is 371 g/mol. The van der Waals surface area contributed by atoms with Crippen molar-refractivity contribution in [2.24, 2.45) is 0 Å². The zero-order chi connectivity index (χ0) is 18.1. The number of aryl methyl sites for hydroxylation is 3. The van der Waals surface area contributed by atoms with Crippen LogP contribution in [0.3, 0.4) is 0 Å². The summed E-state index contributed by atoms with van der Waals surface area (Å²) in [6, 6.07) is 5.64. The molecular formula is C19H21N3O3S. The fourth-order valence-corrected chi connectivity index (χ4v) is 4.50. The summed E-state index contributed by atoms with van der Waals surface area (Å²) < 4.78 is 5.44. The molecule has 1 aliphatic heterocycles. The van der Waals surface area contributed by atoms with Gasteiger partial charge in [-0.25, -0.2) is 4.98 Å². The smallest absolute Gasteiger partial charge is 0.265 e. The normalized spacial score (nSPS) is 15.4. The molecule has 0 bridgehead atoms. The molecule has 2 aliphatic rings. The van der Waals surface area contributed by atoms with Crippen LogP contribution in [0.2, 0.25) is 0 Å². The fourth-order valence-electron chi connectivity index (χ4n) is 3.34. The first-order chi connectivity index (χ1) is 12.6. The van der Waals surface area contributed by atoms with Crippen molar-refractivity contribution in [1.29, 1.82) is 0 Å². The highest BCUT2D eigenvalue weighted by Crippen LogP contribution is 2.32. The lowest BCUT2D eigenvalue weighted by Gasteiger charge is -2.29. The zero-order valence-electron chi connectivity index (χ0n) is 14.7. The van der Waals surface area contributed by atoms with E-state index in [1.807, 2.05) is 25.1 Å². The number of hydrogen-bond acceptors (Lipinski definition) is 5. The summed E-state index contributed by atoms with van der Waals surface area (Å²) in [7, 11) is 0. The van der Waals surface area contributed by atoms with Crippen LogP contribution < -0.4 is 15.0 Å². The Balaban J connectivity index is 1.34. The molecule has 0 saturated carbocycles. The van der Waals surface area contributed by atoms with Gasteiger partial charge in [-0.15, -0.1) is 11.3 Å². The van der Waals surface area contributed by atoms with Crippen molar-refractivity contribution < 1.29 is 14.3 Å². The van der Waals surface area contributed by atoms with E-state index in [1.54, 1.807) is 11.3 Å². The Bertz CT molecular complexity index is 840. The number of nitrogens with zero attached hydrogens (tertiary/aromatic N) is 2. The third-order valence-electron chi connectivity index (χ3n) is 4.66. The Morgan fingerprint density at radius 2 is 2.27 bits per heavy atom. The van der Waals surface area contributed by atoms with Crippen LogP contribution in [0, 0.1) is 6.92 Å². The van der Waals surface area contributed by atoms with E-state index in [1.165, 1.54) is 21.9 Å². The maximum atomic E-state index is 12.3. The lowest BCUT2D eigenvalue weighted by Crippen LogP contribution is -2.45. The summed E-state index contributed by atoms with van der Waals surface area (Å²) in [5.74, 6) is 0.270. The van der Waals surface area contributed by atoms with Gasteiger partial charge in [0, 0.05) is 17.8 Å². The monoisotopic (exact) mass is 371 g/mol. The van der Waals surface area contributed by atoms with E-state index in [0.717, 1.165) is 29.8 Å². The summed E-state index contributed by atoms with van der Waals surface area (Å²) in [5, 5.41) is 3.98. The average Bonchev–Trinajstić information content (AvgIpc) is 3.19. The van der Waals surface area contributed by atoms with E-state index in [-0.39, 0.29) is 25.0 Å². The third-order valence-corrected chi connectivity index (χ3v) is 5.88. The number of aromatic nitrogens is 1. The summed E-state index contributed by atoms with van der Waals surface area (Å²) in [6.07, 6.45) is 4.16. The molecule has 0 radical (unpaired) electrons. The van der Waals surface area contributed by atoms with Crippen molar-refractivity contribution in [3.63, 3.8) is 0 Å². The van der Waals surface area contributed by atoms with Crippen LogP contribution in [0.1, 0.15) is 27.6 Å². The Labute approximate surface area is 156 Å². The number of hydrogen-bond donors (Lipinski definition) is 1. The summed E-state index contributed by atoms with van der Waals surface area (Å²) in [5.41, 5.74) is 2.92. The highest BCUT2D eigenvalue weighted by atomic mass is 32.1. The number of carbonyl (C=O) groups excluding carboxylic acids is 2. The Morgan fingerprint density at radius 1 is 1.38 bits per heavy atom. The Kier molecular flexibility index (Phi) is 4.63. The van der Waals surface area contributed by atoms with Crippen LogP contribution in [0.25, 0.3) is 0 Å². The maximum Gasteiger partial charge on any atom is 0.265 e. The van der Waals surface area contributed by atoms with Crippen LogP contribution in [0.5, 0.6) is 5.75 Å². The molecule has 0 fully saturated rings. The molecule has 2 aromatic rings. The number of thiazole rings is 1. The van der Waals surface area contributed by atoms with E-state index < -0.39 is 0 Å². The van der Waals surface area contributed by atoms with Gasteiger partial charge in [0.2, 0.25) is 5.91 Å². The molecule has 2 heterocycles. The van der Waals surface area contributed by atoms with Gasteiger partial charge in [-0.2, -0.15) is 0 Å². The Morgan fingerprint density at radius 3 is 3.12 bits per heavy atom. The molecule has 1 aromatic carbocycles. The van der Waals surface area contributed by atoms with E-state index in [4.69, 9.17) is 4.74 Å². The van der Waals surface area contributed by atoms with Gasteiger partial charge in [0.1, 0.15) is 12.3 Å². The van der Waals surface area contributed by atoms with Crippen molar-refractivity contribution in [2.45, 2.75) is 32.6 Å². The molecule has 2 amide bonds. The summed E-state index contributed by atoms with van der Waals surface area (Å²) in [6.45, 7) is 2.45. The van der Waals surface area contributed by atoms with Gasteiger partial charge < -0.3 is 10.1 Å². The van der Waals surface area contributed by atoms with Gasteiger partial charge in [0.15, 0.2) is 6.61 Å². The molecule has 26 heavy (non-hydrogen) atoms. The fraction of sp³-hybridized carbons (Fsp3) is 0.421. The molecule has 7 heteroatoms. The van der Waals surface area contributed by atoms with Gasteiger partial charge in [-0.1, -0.05) is 6.07 Å². The van der Waals surface area contributed by atoms with Crippen molar-refractivity contribution in [3.05, 3.63) is 39.3 Å². The second-order valence-corrected chi connectivity index (χ2v) is 7.84.